The van der Waals surface area contributed by atoms with Gasteiger partial charge in [-0.25, -0.2) is 9.97 Å². The number of fused-ring (bicyclic) bond motifs is 1. The second kappa shape index (κ2) is 7.15. The lowest BCUT2D eigenvalue weighted by Gasteiger charge is -2.07. The minimum absolute atomic E-state index is 0.00634. The van der Waals surface area contributed by atoms with Gasteiger partial charge in [-0.15, -0.1) is 11.3 Å². The molecule has 2 N–H and O–H groups in total. The monoisotopic (exact) mass is 327 g/mol. The average Bonchev–Trinajstić information content (AvgIpc) is 2.95. The summed E-state index contributed by atoms with van der Waals surface area (Å²) in [5, 5.41) is 7.09. The van der Waals surface area contributed by atoms with Crippen LogP contribution in [0.2, 0.25) is 0 Å². The van der Waals surface area contributed by atoms with Crippen molar-refractivity contribution in [2.75, 3.05) is 11.9 Å². The first-order valence-electron chi connectivity index (χ1n) is 7.33. The largest absolute Gasteiger partial charge is 0.369 e. The standard InChI is InChI=1S/C16H17N5OS/c1-11-7-13-15(20-10-21-16(13)23-11)18-6-4-14(22)19-9-12-3-2-5-17-8-12/h2-3,5,7-8,10H,4,6,9H2,1H3,(H,19,22)(H,18,20,21). The number of hydrogen-bond acceptors (Lipinski definition) is 6. The van der Waals surface area contributed by atoms with Gasteiger partial charge < -0.3 is 10.6 Å². The topological polar surface area (TPSA) is 79.8 Å². The zero-order valence-electron chi connectivity index (χ0n) is 12.7. The van der Waals surface area contributed by atoms with Crippen LogP contribution < -0.4 is 10.6 Å². The molecule has 6 nitrogen and oxygen atoms in total. The lowest BCUT2D eigenvalue weighted by atomic mass is 10.3. The summed E-state index contributed by atoms with van der Waals surface area (Å²) in [6.45, 7) is 3.07. The van der Waals surface area contributed by atoms with E-state index >= 15 is 0 Å². The molecule has 0 fully saturated rings. The number of hydrogen-bond donors (Lipinski definition) is 2. The minimum atomic E-state index is -0.00634. The van der Waals surface area contributed by atoms with Crippen molar-refractivity contribution in [3.63, 3.8) is 0 Å². The van der Waals surface area contributed by atoms with E-state index in [2.05, 4.69) is 31.7 Å². The summed E-state index contributed by atoms with van der Waals surface area (Å²) >= 11 is 1.64. The molecular weight excluding hydrogens is 310 g/mol. The van der Waals surface area contributed by atoms with E-state index in [0.29, 0.717) is 19.5 Å². The summed E-state index contributed by atoms with van der Waals surface area (Å²) in [6, 6.07) is 5.85. The van der Waals surface area contributed by atoms with E-state index in [-0.39, 0.29) is 5.91 Å². The highest BCUT2D eigenvalue weighted by molar-refractivity contribution is 7.18. The molecule has 0 unspecified atom stereocenters. The molecule has 3 aromatic heterocycles. The smallest absolute Gasteiger partial charge is 0.222 e. The minimum Gasteiger partial charge on any atom is -0.369 e. The molecule has 0 saturated heterocycles. The van der Waals surface area contributed by atoms with Gasteiger partial charge in [-0.1, -0.05) is 6.07 Å². The fraction of sp³-hybridized carbons (Fsp3) is 0.250. The quantitative estimate of drug-likeness (QED) is 0.727. The van der Waals surface area contributed by atoms with E-state index < -0.39 is 0 Å². The highest BCUT2D eigenvalue weighted by atomic mass is 32.1. The molecule has 23 heavy (non-hydrogen) atoms. The first kappa shape index (κ1) is 15.4. The Balaban J connectivity index is 1.49. The van der Waals surface area contributed by atoms with Gasteiger partial charge in [-0.3, -0.25) is 9.78 Å². The summed E-state index contributed by atoms with van der Waals surface area (Å²) in [5.74, 6) is 0.771. The number of aromatic nitrogens is 3. The van der Waals surface area contributed by atoms with Gasteiger partial charge in [0.15, 0.2) is 0 Å². The van der Waals surface area contributed by atoms with Crippen LogP contribution in [-0.4, -0.2) is 27.4 Å². The van der Waals surface area contributed by atoms with Crippen LogP contribution in [0.3, 0.4) is 0 Å². The van der Waals surface area contributed by atoms with Crippen LogP contribution in [0.5, 0.6) is 0 Å². The number of carbonyl (C=O) groups excluding carboxylic acids is 1. The molecule has 7 heteroatoms. The molecule has 0 aliphatic rings. The number of thiophene rings is 1. The van der Waals surface area contributed by atoms with Gasteiger partial charge >= 0.3 is 0 Å². The Morgan fingerprint density at radius 3 is 3.09 bits per heavy atom. The van der Waals surface area contributed by atoms with E-state index in [1.54, 1.807) is 30.1 Å². The zero-order valence-corrected chi connectivity index (χ0v) is 13.6. The van der Waals surface area contributed by atoms with Crippen LogP contribution >= 0.6 is 11.3 Å². The Bertz CT molecular complexity index is 803. The molecule has 0 spiro atoms. The number of pyridine rings is 1. The molecule has 118 valence electrons. The summed E-state index contributed by atoms with van der Waals surface area (Å²) in [4.78, 5) is 26.5. The first-order chi connectivity index (χ1) is 11.2. The third-order valence-corrected chi connectivity index (χ3v) is 4.27. The van der Waals surface area contributed by atoms with Gasteiger partial charge in [0.1, 0.15) is 17.0 Å². The molecule has 0 bridgehead atoms. The second-order valence-electron chi connectivity index (χ2n) is 5.11. The van der Waals surface area contributed by atoms with Crippen molar-refractivity contribution in [3.8, 4) is 0 Å². The molecular formula is C16H17N5OS. The van der Waals surface area contributed by atoms with E-state index in [1.165, 1.54) is 4.88 Å². The van der Waals surface area contributed by atoms with Gasteiger partial charge in [-0.2, -0.15) is 0 Å². The van der Waals surface area contributed by atoms with Crippen molar-refractivity contribution in [3.05, 3.63) is 47.4 Å². The van der Waals surface area contributed by atoms with Gasteiger partial charge in [0.25, 0.3) is 0 Å². The maximum absolute atomic E-state index is 11.9. The Kier molecular flexibility index (Phi) is 4.77. The lowest BCUT2D eigenvalue weighted by Crippen LogP contribution is -2.25. The second-order valence-corrected chi connectivity index (χ2v) is 6.35. The molecule has 0 aliphatic carbocycles. The predicted molar refractivity (Wildman–Crippen MR) is 91.3 cm³/mol. The highest BCUT2D eigenvalue weighted by Gasteiger charge is 2.07. The molecule has 3 aromatic rings. The van der Waals surface area contributed by atoms with Gasteiger partial charge in [0.05, 0.1) is 5.39 Å². The number of anilines is 1. The van der Waals surface area contributed by atoms with E-state index in [1.807, 2.05) is 19.1 Å². The highest BCUT2D eigenvalue weighted by Crippen LogP contribution is 2.27. The molecule has 3 rings (SSSR count). The van der Waals surface area contributed by atoms with Crippen molar-refractivity contribution in [2.24, 2.45) is 0 Å². The lowest BCUT2D eigenvalue weighted by molar-refractivity contribution is -0.121. The SMILES string of the molecule is Cc1cc2c(NCCC(=O)NCc3cccnc3)ncnc2s1. The molecule has 0 saturated carbocycles. The van der Waals surface area contributed by atoms with Crippen LogP contribution in [0, 0.1) is 6.92 Å². The van der Waals surface area contributed by atoms with Crippen LogP contribution in [0.15, 0.2) is 36.9 Å². The summed E-state index contributed by atoms with van der Waals surface area (Å²) in [6.07, 6.45) is 5.39. The Hall–Kier alpha value is -2.54. The fourth-order valence-corrected chi connectivity index (χ4v) is 3.05. The third-order valence-electron chi connectivity index (χ3n) is 3.31. The fourth-order valence-electron chi connectivity index (χ4n) is 2.20. The van der Waals surface area contributed by atoms with Crippen molar-refractivity contribution >= 4 is 33.3 Å². The number of nitrogens with zero attached hydrogens (tertiary/aromatic N) is 3. The number of aryl methyl sites for hydroxylation is 1. The van der Waals surface area contributed by atoms with E-state index in [9.17, 15) is 4.79 Å². The zero-order chi connectivity index (χ0) is 16.1. The van der Waals surface area contributed by atoms with Gasteiger partial charge in [0, 0.05) is 36.8 Å². The van der Waals surface area contributed by atoms with Crippen LogP contribution in [0.25, 0.3) is 10.2 Å². The molecule has 0 radical (unpaired) electrons. The number of carbonyl (C=O) groups is 1. The average molecular weight is 327 g/mol. The van der Waals surface area contributed by atoms with Crippen molar-refractivity contribution in [1.82, 2.24) is 20.3 Å². The van der Waals surface area contributed by atoms with Crippen LogP contribution in [0.4, 0.5) is 5.82 Å². The normalized spacial score (nSPS) is 10.7. The van der Waals surface area contributed by atoms with Crippen LogP contribution in [0.1, 0.15) is 16.9 Å². The Labute approximate surface area is 138 Å². The molecule has 3 heterocycles. The predicted octanol–water partition coefficient (Wildman–Crippen LogP) is 2.51. The summed E-state index contributed by atoms with van der Waals surface area (Å²) in [5.41, 5.74) is 0.986. The number of nitrogens with one attached hydrogen (secondary N) is 2. The Morgan fingerprint density at radius 1 is 1.35 bits per heavy atom. The van der Waals surface area contributed by atoms with Gasteiger partial charge in [-0.05, 0) is 24.6 Å². The molecule has 0 aromatic carbocycles. The molecule has 0 aliphatic heterocycles. The maximum Gasteiger partial charge on any atom is 0.222 e. The van der Waals surface area contributed by atoms with Gasteiger partial charge in [0.2, 0.25) is 5.91 Å². The maximum atomic E-state index is 11.9. The molecule has 1 amide bonds. The van der Waals surface area contributed by atoms with Crippen molar-refractivity contribution in [2.45, 2.75) is 19.9 Å². The third kappa shape index (κ3) is 4.01. The number of amides is 1. The summed E-state index contributed by atoms with van der Waals surface area (Å²) in [7, 11) is 0. The Morgan fingerprint density at radius 2 is 2.26 bits per heavy atom. The van der Waals surface area contributed by atoms with E-state index in [4.69, 9.17) is 0 Å². The van der Waals surface area contributed by atoms with E-state index in [0.717, 1.165) is 21.6 Å². The van der Waals surface area contributed by atoms with Crippen molar-refractivity contribution in [1.29, 1.82) is 0 Å². The summed E-state index contributed by atoms with van der Waals surface area (Å²) < 4.78 is 0. The van der Waals surface area contributed by atoms with Crippen LogP contribution in [-0.2, 0) is 11.3 Å². The van der Waals surface area contributed by atoms with Crippen molar-refractivity contribution < 1.29 is 4.79 Å². The first-order valence-corrected chi connectivity index (χ1v) is 8.14. The molecule has 0 atom stereocenters. The number of rotatable bonds is 6.